The zero-order valence-corrected chi connectivity index (χ0v) is 19.1. The lowest BCUT2D eigenvalue weighted by Crippen LogP contribution is -2.22. The van der Waals surface area contributed by atoms with Crippen molar-refractivity contribution >= 4 is 28.2 Å². The molecule has 0 saturated heterocycles. The first kappa shape index (κ1) is 20.8. The highest BCUT2D eigenvalue weighted by Crippen LogP contribution is 2.48. The summed E-state index contributed by atoms with van der Waals surface area (Å²) in [7, 11) is 0. The van der Waals surface area contributed by atoms with Crippen LogP contribution in [0.5, 0.6) is 11.6 Å². The molecular weight excluding hydrogens is 483 g/mol. The maximum absolute atomic E-state index is 13.9. The quantitative estimate of drug-likeness (QED) is 0.274. The van der Waals surface area contributed by atoms with Gasteiger partial charge in [-0.15, -0.1) is 5.10 Å². The molecule has 0 amide bonds. The molecule has 6 aromatic rings. The summed E-state index contributed by atoms with van der Waals surface area (Å²) in [6.07, 6.45) is 1.50. The van der Waals surface area contributed by atoms with Gasteiger partial charge in [0.25, 0.3) is 0 Å². The Bertz CT molecular complexity index is 1880. The number of aromatic nitrogens is 4. The predicted molar refractivity (Wildman–Crippen MR) is 131 cm³/mol. The second-order valence-corrected chi connectivity index (χ2v) is 8.77. The van der Waals surface area contributed by atoms with Crippen LogP contribution in [0.25, 0.3) is 28.0 Å². The highest BCUT2D eigenvalue weighted by atomic mass is 35.5. The summed E-state index contributed by atoms with van der Waals surface area (Å²) in [5.74, 6) is -0.0594. The van der Waals surface area contributed by atoms with Gasteiger partial charge in [0.1, 0.15) is 17.7 Å². The fraction of sp³-hybridized carbons (Fsp3) is 0.0370. The second kappa shape index (κ2) is 7.73. The summed E-state index contributed by atoms with van der Waals surface area (Å²) in [6, 6.07) is 20.3. The van der Waals surface area contributed by atoms with Gasteiger partial charge >= 0.3 is 5.63 Å². The van der Waals surface area contributed by atoms with Crippen LogP contribution in [0.1, 0.15) is 22.6 Å². The molecule has 36 heavy (non-hydrogen) atoms. The molecule has 0 bridgehead atoms. The third-order valence-corrected chi connectivity index (χ3v) is 6.61. The smallest absolute Gasteiger partial charge is 0.344 e. The molecule has 3 aromatic heterocycles. The Hall–Kier alpha value is -4.56. The molecular formula is C27H14ClFN4O3. The Labute approximate surface area is 207 Å². The minimum absolute atomic E-state index is 0.276. The molecule has 0 N–H and O–H groups in total. The van der Waals surface area contributed by atoms with Crippen molar-refractivity contribution in [3.8, 4) is 23.0 Å². The molecule has 174 valence electrons. The van der Waals surface area contributed by atoms with Crippen LogP contribution < -0.4 is 10.4 Å². The van der Waals surface area contributed by atoms with E-state index in [0.29, 0.717) is 49.9 Å². The van der Waals surface area contributed by atoms with E-state index in [1.54, 1.807) is 30.3 Å². The topological polar surface area (TPSA) is 82.5 Å². The molecule has 1 aliphatic heterocycles. The number of rotatable bonds is 2. The Kier molecular flexibility index (Phi) is 4.46. The van der Waals surface area contributed by atoms with E-state index in [1.807, 2.05) is 30.3 Å². The number of halogens is 2. The third kappa shape index (κ3) is 3.04. The lowest BCUT2D eigenvalue weighted by molar-refractivity contribution is 0.422. The van der Waals surface area contributed by atoms with Crippen LogP contribution in [0.4, 0.5) is 4.39 Å². The monoisotopic (exact) mass is 496 g/mol. The molecule has 1 aliphatic rings. The maximum Gasteiger partial charge on any atom is 0.344 e. The lowest BCUT2D eigenvalue weighted by atomic mass is 9.84. The molecule has 0 aliphatic carbocycles. The average molecular weight is 497 g/mol. The van der Waals surface area contributed by atoms with Gasteiger partial charge in [-0.2, -0.15) is 0 Å². The zero-order valence-electron chi connectivity index (χ0n) is 18.4. The number of hydrogen-bond acceptors (Lipinski definition) is 6. The number of ether oxygens (including phenoxy) is 1. The molecule has 0 saturated carbocycles. The Morgan fingerprint density at radius 2 is 1.72 bits per heavy atom. The van der Waals surface area contributed by atoms with Gasteiger partial charge in [-0.3, -0.25) is 0 Å². The number of fused-ring (bicyclic) bond motifs is 6. The standard InChI is InChI=1S/C27H14ClFN4O3/c28-18-7-3-1-5-16(18)24-31-25-22-20(14-9-11-15(29)12-10-14)21-23(36-26(22)30-13-33(25)32-24)17-6-2-4-8-19(17)35-27(21)34/h1-13,20H. The van der Waals surface area contributed by atoms with Crippen molar-refractivity contribution in [2.24, 2.45) is 0 Å². The fourth-order valence-corrected chi connectivity index (χ4v) is 4.89. The number of para-hydroxylation sites is 1. The predicted octanol–water partition coefficient (Wildman–Crippen LogP) is 5.98. The van der Waals surface area contributed by atoms with Crippen LogP contribution in [-0.2, 0) is 0 Å². The molecule has 0 fully saturated rings. The molecule has 0 spiro atoms. The molecule has 4 heterocycles. The van der Waals surface area contributed by atoms with E-state index < -0.39 is 17.4 Å². The van der Waals surface area contributed by atoms with Crippen molar-refractivity contribution in [3.63, 3.8) is 0 Å². The van der Waals surface area contributed by atoms with Crippen molar-refractivity contribution in [2.75, 3.05) is 0 Å². The molecule has 7 rings (SSSR count). The molecule has 9 heteroatoms. The van der Waals surface area contributed by atoms with E-state index in [2.05, 4.69) is 10.1 Å². The first-order chi connectivity index (χ1) is 17.6. The van der Waals surface area contributed by atoms with Crippen molar-refractivity contribution in [2.45, 2.75) is 5.92 Å². The van der Waals surface area contributed by atoms with Gasteiger partial charge in [-0.1, -0.05) is 48.0 Å². The van der Waals surface area contributed by atoms with E-state index in [9.17, 15) is 9.18 Å². The van der Waals surface area contributed by atoms with E-state index >= 15 is 0 Å². The zero-order chi connectivity index (χ0) is 24.4. The minimum atomic E-state index is -0.690. The highest BCUT2D eigenvalue weighted by Gasteiger charge is 2.37. The van der Waals surface area contributed by atoms with E-state index in [0.717, 1.165) is 0 Å². The molecule has 0 radical (unpaired) electrons. The maximum atomic E-state index is 13.9. The van der Waals surface area contributed by atoms with Gasteiger partial charge in [0.05, 0.1) is 27.5 Å². The van der Waals surface area contributed by atoms with E-state index in [1.165, 1.54) is 23.0 Å². The number of hydrogen-bond donors (Lipinski definition) is 0. The van der Waals surface area contributed by atoms with Crippen LogP contribution in [0.3, 0.4) is 0 Å². The van der Waals surface area contributed by atoms with Gasteiger partial charge in [0, 0.05) is 5.56 Å². The van der Waals surface area contributed by atoms with Crippen molar-refractivity contribution < 1.29 is 13.5 Å². The van der Waals surface area contributed by atoms with Gasteiger partial charge < -0.3 is 9.15 Å². The van der Waals surface area contributed by atoms with Crippen LogP contribution in [-0.4, -0.2) is 19.6 Å². The molecule has 1 atom stereocenters. The average Bonchev–Trinajstić information content (AvgIpc) is 3.33. The van der Waals surface area contributed by atoms with Crippen LogP contribution in [0.2, 0.25) is 5.02 Å². The third-order valence-electron chi connectivity index (χ3n) is 6.28. The van der Waals surface area contributed by atoms with Crippen molar-refractivity contribution in [3.05, 3.63) is 117 Å². The summed E-state index contributed by atoms with van der Waals surface area (Å²) in [6.45, 7) is 0. The summed E-state index contributed by atoms with van der Waals surface area (Å²) in [4.78, 5) is 22.6. The fourth-order valence-electron chi connectivity index (χ4n) is 4.67. The van der Waals surface area contributed by atoms with E-state index in [4.69, 9.17) is 25.7 Å². The molecule has 1 unspecified atom stereocenters. The summed E-state index contributed by atoms with van der Waals surface area (Å²) in [5, 5.41) is 5.69. The molecule has 3 aromatic carbocycles. The largest absolute Gasteiger partial charge is 0.437 e. The minimum Gasteiger partial charge on any atom is -0.437 e. The second-order valence-electron chi connectivity index (χ2n) is 8.36. The number of benzene rings is 3. The lowest BCUT2D eigenvalue weighted by Gasteiger charge is -2.27. The summed E-state index contributed by atoms with van der Waals surface area (Å²) < 4.78 is 27.3. The van der Waals surface area contributed by atoms with Crippen molar-refractivity contribution in [1.82, 2.24) is 19.6 Å². The Balaban J connectivity index is 1.55. The Morgan fingerprint density at radius 1 is 0.944 bits per heavy atom. The van der Waals surface area contributed by atoms with E-state index in [-0.39, 0.29) is 11.4 Å². The summed E-state index contributed by atoms with van der Waals surface area (Å²) >= 11 is 6.39. The number of nitrogens with zero attached hydrogens (tertiary/aromatic N) is 4. The first-order valence-electron chi connectivity index (χ1n) is 11.1. The van der Waals surface area contributed by atoms with Crippen LogP contribution >= 0.6 is 11.6 Å². The van der Waals surface area contributed by atoms with Crippen molar-refractivity contribution in [1.29, 1.82) is 0 Å². The van der Waals surface area contributed by atoms with Crippen LogP contribution in [0, 0.1) is 5.82 Å². The highest BCUT2D eigenvalue weighted by molar-refractivity contribution is 6.33. The van der Waals surface area contributed by atoms with Gasteiger partial charge in [0.2, 0.25) is 5.88 Å². The summed E-state index contributed by atoms with van der Waals surface area (Å²) in [5.41, 5.74) is 2.38. The van der Waals surface area contributed by atoms with Crippen LogP contribution in [0.15, 0.2) is 88.3 Å². The van der Waals surface area contributed by atoms with Gasteiger partial charge in [0.15, 0.2) is 17.2 Å². The normalized spacial score (nSPS) is 14.4. The van der Waals surface area contributed by atoms with Gasteiger partial charge in [-0.25, -0.2) is 23.7 Å². The molecule has 7 nitrogen and oxygen atoms in total. The Morgan fingerprint density at radius 3 is 2.56 bits per heavy atom. The first-order valence-corrected chi connectivity index (χ1v) is 11.5. The van der Waals surface area contributed by atoms with Gasteiger partial charge in [-0.05, 0) is 42.0 Å². The SMILES string of the molecule is O=c1oc2ccccc2c2c1C(c1ccc(F)cc1)c1c(ncn3nc(-c4ccccc4Cl)nc13)O2.